The summed E-state index contributed by atoms with van der Waals surface area (Å²) < 4.78 is 42.8. The summed E-state index contributed by atoms with van der Waals surface area (Å²) in [7, 11) is -4.17. The van der Waals surface area contributed by atoms with Gasteiger partial charge in [-0.3, -0.25) is 28.5 Å². The number of hydrogen-bond donors (Lipinski definition) is 2. The van der Waals surface area contributed by atoms with E-state index >= 15 is 0 Å². The molecule has 0 amide bonds. The van der Waals surface area contributed by atoms with E-state index in [-0.39, 0.29) is 38.2 Å². The lowest BCUT2D eigenvalue weighted by molar-refractivity contribution is -0.155. The number of nitrogens with one attached hydrogen (secondary N) is 2. The van der Waals surface area contributed by atoms with Crippen molar-refractivity contribution < 1.29 is 37.4 Å². The molecule has 0 aliphatic carbocycles. The van der Waals surface area contributed by atoms with Gasteiger partial charge in [0.05, 0.1) is 13.2 Å². The van der Waals surface area contributed by atoms with Crippen molar-refractivity contribution in [1.82, 2.24) is 14.6 Å². The van der Waals surface area contributed by atoms with Gasteiger partial charge in [0, 0.05) is 24.6 Å². The van der Waals surface area contributed by atoms with Crippen molar-refractivity contribution >= 4 is 19.7 Å². The number of ether oxygens (including phenoxy) is 3. The first-order valence-electron chi connectivity index (χ1n) is 11.7. The van der Waals surface area contributed by atoms with E-state index in [2.05, 4.69) is 10.1 Å². The number of H-pyrrole nitrogens is 1. The zero-order chi connectivity index (χ0) is 26.6. The van der Waals surface area contributed by atoms with Crippen LogP contribution >= 0.6 is 7.75 Å². The lowest BCUT2D eigenvalue weighted by atomic mass is 10.2. The highest BCUT2D eigenvalue weighted by Crippen LogP contribution is 2.46. The Labute approximate surface area is 211 Å². The molecule has 3 heterocycles. The van der Waals surface area contributed by atoms with Crippen LogP contribution in [-0.4, -0.2) is 53.0 Å². The van der Waals surface area contributed by atoms with Crippen LogP contribution in [0, 0.1) is 6.92 Å². The van der Waals surface area contributed by atoms with E-state index in [4.69, 9.17) is 23.3 Å². The number of cyclic esters (lactones) is 1. The van der Waals surface area contributed by atoms with Crippen LogP contribution in [0.3, 0.4) is 0 Å². The van der Waals surface area contributed by atoms with Gasteiger partial charge in [-0.2, -0.15) is 5.09 Å². The maximum absolute atomic E-state index is 13.7. The van der Waals surface area contributed by atoms with E-state index in [1.165, 1.54) is 24.6 Å². The number of aryl methyl sites for hydroxylation is 1. The van der Waals surface area contributed by atoms with Crippen LogP contribution in [0.15, 0.2) is 46.1 Å². The standard InChI is InChI=1S/C23H28N3O10P/c1-14-12-26(23(30)24-21(14)28)19-11-17-18(34-19)13-33-37(31,36-16-7-4-3-5-8-16)25-15(2)22(29)32-10-6-9-20(27)35-17/h3-5,7-8,12,15,17-19H,6,9-11,13H2,1-2H3,(H,25,31)(H,24,28,30)/t15-,17+,18-,19-,37?/m0/s1. The summed E-state index contributed by atoms with van der Waals surface area (Å²) >= 11 is 0. The van der Waals surface area contributed by atoms with Crippen LogP contribution in [-0.2, 0) is 32.9 Å². The second-order valence-corrected chi connectivity index (χ2v) is 10.4. The maximum atomic E-state index is 13.7. The van der Waals surface area contributed by atoms with E-state index in [1.54, 1.807) is 30.3 Å². The summed E-state index contributed by atoms with van der Waals surface area (Å²) in [4.78, 5) is 51.2. The van der Waals surface area contributed by atoms with Gasteiger partial charge in [-0.1, -0.05) is 18.2 Å². The van der Waals surface area contributed by atoms with E-state index in [1.807, 2.05) is 0 Å². The monoisotopic (exact) mass is 537 g/mol. The number of benzene rings is 1. The van der Waals surface area contributed by atoms with Crippen molar-refractivity contribution in [2.24, 2.45) is 0 Å². The van der Waals surface area contributed by atoms with Gasteiger partial charge in [-0.15, -0.1) is 0 Å². The number of carbonyl (C=O) groups excluding carboxylic acids is 2. The predicted molar refractivity (Wildman–Crippen MR) is 128 cm³/mol. The van der Waals surface area contributed by atoms with Crippen LogP contribution < -0.4 is 20.9 Å². The first-order chi connectivity index (χ1) is 17.6. The smallest absolute Gasteiger partial charge is 0.459 e. The molecular weight excluding hydrogens is 509 g/mol. The Hall–Kier alpha value is -3.25. The van der Waals surface area contributed by atoms with Gasteiger partial charge in [-0.05, 0) is 32.4 Å². The molecule has 1 aromatic heterocycles. The molecule has 5 atom stereocenters. The summed E-state index contributed by atoms with van der Waals surface area (Å²) in [6.45, 7) is 2.56. The number of nitrogens with zero attached hydrogens (tertiary/aromatic N) is 1. The van der Waals surface area contributed by atoms with Gasteiger partial charge >= 0.3 is 25.4 Å². The minimum absolute atomic E-state index is 0.0167. The lowest BCUT2D eigenvalue weighted by Crippen LogP contribution is -2.37. The Morgan fingerprint density at radius 1 is 1.11 bits per heavy atom. The minimum Gasteiger partial charge on any atom is -0.465 e. The third-order valence-electron chi connectivity index (χ3n) is 5.77. The van der Waals surface area contributed by atoms with Gasteiger partial charge in [0.1, 0.15) is 30.2 Å². The van der Waals surface area contributed by atoms with Crippen LogP contribution in [0.2, 0.25) is 0 Å². The van der Waals surface area contributed by atoms with Gasteiger partial charge in [-0.25, -0.2) is 9.36 Å². The summed E-state index contributed by atoms with van der Waals surface area (Å²) in [5.74, 6) is -1.04. The summed E-state index contributed by atoms with van der Waals surface area (Å²) in [5.41, 5.74) is -0.926. The number of esters is 2. The molecule has 2 aromatic rings. The fourth-order valence-electron chi connectivity index (χ4n) is 3.86. The van der Waals surface area contributed by atoms with Crippen LogP contribution in [0.5, 0.6) is 5.75 Å². The number of rotatable bonds is 3. The number of aromatic nitrogens is 2. The molecule has 1 unspecified atom stereocenters. The molecule has 0 spiro atoms. The van der Waals surface area contributed by atoms with Gasteiger partial charge in [0.25, 0.3) is 5.56 Å². The minimum atomic E-state index is -4.17. The van der Waals surface area contributed by atoms with Crippen molar-refractivity contribution in [2.75, 3.05) is 13.2 Å². The van der Waals surface area contributed by atoms with Crippen molar-refractivity contribution in [3.63, 3.8) is 0 Å². The highest BCUT2D eigenvalue weighted by atomic mass is 31.2. The van der Waals surface area contributed by atoms with Crippen LogP contribution in [0.4, 0.5) is 0 Å². The molecule has 2 saturated heterocycles. The molecule has 1 aromatic carbocycles. The zero-order valence-electron chi connectivity index (χ0n) is 20.3. The van der Waals surface area contributed by atoms with Crippen molar-refractivity contribution in [2.45, 2.75) is 57.6 Å². The Balaban J connectivity index is 1.61. The molecular formula is C23H28N3O10P. The quantitative estimate of drug-likeness (QED) is 0.431. The number of para-hydroxylation sites is 1. The Bertz CT molecular complexity index is 1290. The highest BCUT2D eigenvalue weighted by Gasteiger charge is 2.42. The van der Waals surface area contributed by atoms with Crippen LogP contribution in [0.1, 0.15) is 38.0 Å². The fraction of sp³-hybridized carbons (Fsp3) is 0.478. The highest BCUT2D eigenvalue weighted by molar-refractivity contribution is 7.52. The maximum Gasteiger partial charge on any atom is 0.459 e. The average molecular weight is 537 g/mol. The third-order valence-corrected chi connectivity index (χ3v) is 7.42. The molecule has 0 radical (unpaired) electrons. The van der Waals surface area contributed by atoms with E-state index in [9.17, 15) is 23.7 Å². The first kappa shape index (κ1) is 26.8. The Kier molecular flexibility index (Phi) is 8.28. The number of hydrogen-bond acceptors (Lipinski definition) is 10. The largest absolute Gasteiger partial charge is 0.465 e. The van der Waals surface area contributed by atoms with E-state index in [0.717, 1.165) is 0 Å². The molecule has 2 aliphatic rings. The van der Waals surface area contributed by atoms with Crippen LogP contribution in [0.25, 0.3) is 0 Å². The zero-order valence-corrected chi connectivity index (χ0v) is 21.2. The average Bonchev–Trinajstić information content (AvgIpc) is 3.25. The lowest BCUT2D eigenvalue weighted by Gasteiger charge is -2.26. The Morgan fingerprint density at radius 3 is 2.62 bits per heavy atom. The molecule has 2 N–H and O–H groups in total. The second kappa shape index (κ2) is 11.4. The fourth-order valence-corrected chi connectivity index (χ4v) is 5.36. The molecule has 37 heavy (non-hydrogen) atoms. The summed E-state index contributed by atoms with van der Waals surface area (Å²) in [5, 5.41) is 2.58. The topological polar surface area (TPSA) is 164 Å². The predicted octanol–water partition coefficient (Wildman–Crippen LogP) is 1.56. The molecule has 0 saturated carbocycles. The molecule has 0 bridgehead atoms. The van der Waals surface area contributed by atoms with E-state index < -0.39 is 55.4 Å². The summed E-state index contributed by atoms with van der Waals surface area (Å²) in [6, 6.07) is 7.17. The number of fused-ring (bicyclic) bond motifs is 1. The molecule has 14 heteroatoms. The Morgan fingerprint density at radius 2 is 1.86 bits per heavy atom. The van der Waals surface area contributed by atoms with Crippen molar-refractivity contribution in [3.8, 4) is 5.75 Å². The molecule has 200 valence electrons. The first-order valence-corrected chi connectivity index (χ1v) is 13.3. The van der Waals surface area contributed by atoms with E-state index in [0.29, 0.717) is 5.56 Å². The van der Waals surface area contributed by atoms with Gasteiger partial charge in [0.15, 0.2) is 0 Å². The second-order valence-electron chi connectivity index (χ2n) is 8.69. The molecule has 2 aliphatic heterocycles. The number of aromatic amines is 1. The van der Waals surface area contributed by atoms with Crippen molar-refractivity contribution in [1.29, 1.82) is 0 Å². The third kappa shape index (κ3) is 6.75. The molecule has 2 fully saturated rings. The van der Waals surface area contributed by atoms with Gasteiger partial charge < -0.3 is 18.7 Å². The van der Waals surface area contributed by atoms with Gasteiger partial charge in [0.2, 0.25) is 0 Å². The number of carbonyl (C=O) groups is 2. The normalized spacial score (nSPS) is 29.5. The molecule has 13 nitrogen and oxygen atoms in total. The summed E-state index contributed by atoms with van der Waals surface area (Å²) in [6.07, 6.45) is -1.06. The molecule has 4 rings (SSSR count). The van der Waals surface area contributed by atoms with Crippen molar-refractivity contribution in [3.05, 3.63) is 62.9 Å². The SMILES string of the molecule is Cc1cn([C@@H]2C[C@H]3OC(=O)CCCOC(=O)[C@H](C)NP(=O)(Oc4ccccc4)OC[C@@H]3O2)c(=O)[nH]c1=O.